The van der Waals surface area contributed by atoms with Crippen molar-refractivity contribution < 1.29 is 4.79 Å². The Morgan fingerprint density at radius 2 is 2.43 bits per heavy atom. The summed E-state index contributed by atoms with van der Waals surface area (Å²) >= 11 is 0. The van der Waals surface area contributed by atoms with E-state index in [0.29, 0.717) is 11.2 Å². The highest BCUT2D eigenvalue weighted by Gasteiger charge is 2.16. The molecular weight excluding hydrogens is 182 g/mol. The van der Waals surface area contributed by atoms with E-state index in [-0.39, 0.29) is 11.7 Å². The molecule has 0 saturated heterocycles. The number of carbonyl (C=O) groups is 1. The number of fused-ring (bicyclic) bond motifs is 1. The first-order chi connectivity index (χ1) is 6.74. The maximum Gasteiger partial charge on any atom is 0.258 e. The highest BCUT2D eigenvalue weighted by Crippen LogP contribution is 2.14. The molecule has 14 heavy (non-hydrogen) atoms. The SMILES string of the molecule is CNC(=O)c1c(N)nn2cccnc12. The summed E-state index contributed by atoms with van der Waals surface area (Å²) in [6.45, 7) is 0. The molecule has 2 aromatic rings. The maximum atomic E-state index is 11.4. The van der Waals surface area contributed by atoms with Gasteiger partial charge in [0, 0.05) is 19.4 Å². The van der Waals surface area contributed by atoms with Gasteiger partial charge < -0.3 is 11.1 Å². The van der Waals surface area contributed by atoms with Crippen molar-refractivity contribution in [1.29, 1.82) is 0 Å². The minimum atomic E-state index is -0.281. The molecule has 0 bridgehead atoms. The molecule has 0 atom stereocenters. The van der Waals surface area contributed by atoms with Gasteiger partial charge in [0.05, 0.1) is 0 Å². The first-order valence-electron chi connectivity index (χ1n) is 4.05. The lowest BCUT2D eigenvalue weighted by atomic mass is 10.3. The second-order valence-corrected chi connectivity index (χ2v) is 2.73. The first-order valence-corrected chi connectivity index (χ1v) is 4.05. The van der Waals surface area contributed by atoms with E-state index in [9.17, 15) is 4.79 Å². The summed E-state index contributed by atoms with van der Waals surface area (Å²) in [6.07, 6.45) is 3.27. The number of nitrogen functional groups attached to an aromatic ring is 1. The van der Waals surface area contributed by atoms with Gasteiger partial charge in [-0.25, -0.2) is 9.50 Å². The average molecular weight is 191 g/mol. The van der Waals surface area contributed by atoms with Crippen molar-refractivity contribution in [2.24, 2.45) is 0 Å². The Hall–Kier alpha value is -2.11. The summed E-state index contributed by atoms with van der Waals surface area (Å²) in [5.41, 5.74) is 6.37. The smallest absolute Gasteiger partial charge is 0.258 e. The van der Waals surface area contributed by atoms with E-state index in [1.807, 2.05) is 0 Å². The summed E-state index contributed by atoms with van der Waals surface area (Å²) in [6, 6.07) is 1.72. The van der Waals surface area contributed by atoms with Gasteiger partial charge in [-0.05, 0) is 6.07 Å². The van der Waals surface area contributed by atoms with Crippen LogP contribution >= 0.6 is 0 Å². The number of anilines is 1. The summed E-state index contributed by atoms with van der Waals surface area (Å²) in [5.74, 6) is -0.0979. The van der Waals surface area contributed by atoms with Crippen LogP contribution in [0.1, 0.15) is 10.4 Å². The Morgan fingerprint density at radius 3 is 3.14 bits per heavy atom. The van der Waals surface area contributed by atoms with E-state index in [0.717, 1.165) is 0 Å². The van der Waals surface area contributed by atoms with E-state index < -0.39 is 0 Å². The van der Waals surface area contributed by atoms with Crippen molar-refractivity contribution in [2.45, 2.75) is 0 Å². The van der Waals surface area contributed by atoms with E-state index in [2.05, 4.69) is 15.4 Å². The summed E-state index contributed by atoms with van der Waals surface area (Å²) < 4.78 is 1.47. The molecule has 6 nitrogen and oxygen atoms in total. The maximum absolute atomic E-state index is 11.4. The van der Waals surface area contributed by atoms with Crippen LogP contribution in [0.2, 0.25) is 0 Å². The van der Waals surface area contributed by atoms with E-state index >= 15 is 0 Å². The van der Waals surface area contributed by atoms with Crippen molar-refractivity contribution >= 4 is 17.4 Å². The van der Waals surface area contributed by atoms with Gasteiger partial charge in [-0.2, -0.15) is 0 Å². The van der Waals surface area contributed by atoms with Crippen LogP contribution in [0, 0.1) is 0 Å². The monoisotopic (exact) mass is 191 g/mol. The number of aromatic nitrogens is 3. The number of hydrogen-bond acceptors (Lipinski definition) is 4. The van der Waals surface area contributed by atoms with Crippen LogP contribution in [-0.4, -0.2) is 27.6 Å². The van der Waals surface area contributed by atoms with Crippen LogP contribution in [0.4, 0.5) is 5.82 Å². The molecule has 0 aromatic carbocycles. The highest BCUT2D eigenvalue weighted by atomic mass is 16.1. The summed E-state index contributed by atoms with van der Waals surface area (Å²) in [4.78, 5) is 15.5. The van der Waals surface area contributed by atoms with Gasteiger partial charge in [-0.1, -0.05) is 0 Å². The van der Waals surface area contributed by atoms with Crippen molar-refractivity contribution in [2.75, 3.05) is 12.8 Å². The van der Waals surface area contributed by atoms with Crippen molar-refractivity contribution in [3.05, 3.63) is 24.0 Å². The minimum Gasteiger partial charge on any atom is -0.381 e. The lowest BCUT2D eigenvalue weighted by Crippen LogP contribution is -2.19. The third-order valence-electron chi connectivity index (χ3n) is 1.88. The molecule has 3 N–H and O–H groups in total. The number of carbonyl (C=O) groups excluding carboxylic acids is 1. The number of nitrogens with two attached hydrogens (primary N) is 1. The lowest BCUT2D eigenvalue weighted by molar-refractivity contribution is 0.0965. The number of nitrogens with one attached hydrogen (secondary N) is 1. The molecule has 0 aliphatic heterocycles. The predicted molar refractivity (Wildman–Crippen MR) is 50.8 cm³/mol. The number of nitrogens with zero attached hydrogens (tertiary/aromatic N) is 3. The molecule has 72 valence electrons. The molecule has 0 fully saturated rings. The van der Waals surface area contributed by atoms with Crippen LogP contribution in [0.25, 0.3) is 5.65 Å². The molecular formula is C8H9N5O. The van der Waals surface area contributed by atoms with Gasteiger partial charge in [0.1, 0.15) is 5.56 Å². The Morgan fingerprint density at radius 1 is 1.64 bits per heavy atom. The molecule has 2 heterocycles. The van der Waals surface area contributed by atoms with Gasteiger partial charge in [-0.3, -0.25) is 4.79 Å². The largest absolute Gasteiger partial charge is 0.381 e. The zero-order chi connectivity index (χ0) is 10.1. The van der Waals surface area contributed by atoms with Crippen molar-refractivity contribution in [1.82, 2.24) is 19.9 Å². The van der Waals surface area contributed by atoms with Crippen molar-refractivity contribution in [3.8, 4) is 0 Å². The minimum absolute atomic E-state index is 0.183. The van der Waals surface area contributed by atoms with Gasteiger partial charge in [-0.15, -0.1) is 5.10 Å². The molecule has 0 saturated carbocycles. The number of amides is 1. The lowest BCUT2D eigenvalue weighted by Gasteiger charge is -1.96. The second-order valence-electron chi connectivity index (χ2n) is 2.73. The summed E-state index contributed by atoms with van der Waals surface area (Å²) in [7, 11) is 1.54. The quantitative estimate of drug-likeness (QED) is 0.646. The standard InChI is InChI=1S/C8H9N5O/c1-10-8(14)5-6(9)12-13-4-2-3-11-7(5)13/h2-4H,1H3,(H2,9,12)(H,10,14). The topological polar surface area (TPSA) is 85.3 Å². The fourth-order valence-corrected chi connectivity index (χ4v) is 1.25. The molecule has 2 rings (SSSR count). The second kappa shape index (κ2) is 2.99. The Bertz CT molecular complexity index is 489. The molecule has 6 heteroatoms. The molecule has 0 aliphatic carbocycles. The molecule has 0 aliphatic rings. The third kappa shape index (κ3) is 1.08. The van der Waals surface area contributed by atoms with Gasteiger partial charge in [0.15, 0.2) is 11.5 Å². The number of hydrogen-bond donors (Lipinski definition) is 2. The van der Waals surface area contributed by atoms with Crippen LogP contribution in [0.5, 0.6) is 0 Å². The Labute approximate surface area is 79.7 Å². The zero-order valence-electron chi connectivity index (χ0n) is 7.56. The Balaban J connectivity index is 2.74. The normalized spacial score (nSPS) is 10.4. The Kier molecular flexibility index (Phi) is 1.81. The molecule has 2 aromatic heterocycles. The fraction of sp³-hybridized carbons (Fsp3) is 0.125. The van der Waals surface area contributed by atoms with Crippen molar-refractivity contribution in [3.63, 3.8) is 0 Å². The van der Waals surface area contributed by atoms with Gasteiger partial charge >= 0.3 is 0 Å². The summed E-state index contributed by atoms with van der Waals surface area (Å²) in [5, 5.41) is 6.44. The third-order valence-corrected chi connectivity index (χ3v) is 1.88. The van der Waals surface area contributed by atoms with Crippen LogP contribution in [-0.2, 0) is 0 Å². The molecule has 1 amide bonds. The molecule has 0 spiro atoms. The van der Waals surface area contributed by atoms with Crippen LogP contribution < -0.4 is 11.1 Å². The van der Waals surface area contributed by atoms with E-state index in [4.69, 9.17) is 5.73 Å². The average Bonchev–Trinajstić information content (AvgIpc) is 2.53. The number of rotatable bonds is 1. The first kappa shape index (κ1) is 8.49. The van der Waals surface area contributed by atoms with Gasteiger partial charge in [0.2, 0.25) is 0 Å². The van der Waals surface area contributed by atoms with Crippen LogP contribution in [0.15, 0.2) is 18.5 Å². The van der Waals surface area contributed by atoms with Crippen LogP contribution in [0.3, 0.4) is 0 Å². The highest BCUT2D eigenvalue weighted by molar-refractivity contribution is 6.03. The van der Waals surface area contributed by atoms with E-state index in [1.165, 1.54) is 11.6 Å². The zero-order valence-corrected chi connectivity index (χ0v) is 7.56. The molecule has 0 unspecified atom stereocenters. The fourth-order valence-electron chi connectivity index (χ4n) is 1.25. The predicted octanol–water partition coefficient (Wildman–Crippen LogP) is -0.329. The van der Waals surface area contributed by atoms with E-state index in [1.54, 1.807) is 18.5 Å². The molecule has 0 radical (unpaired) electrons. The van der Waals surface area contributed by atoms with Gasteiger partial charge in [0.25, 0.3) is 5.91 Å².